The van der Waals surface area contributed by atoms with Crippen LogP contribution in [0.3, 0.4) is 0 Å². The van der Waals surface area contributed by atoms with E-state index in [4.69, 9.17) is 9.84 Å². The number of hydrogen-bond acceptors (Lipinski definition) is 6. The largest absolute Gasteiger partial charge is 0.479 e. The molecule has 0 bridgehead atoms. The maximum atomic E-state index is 12.5. The van der Waals surface area contributed by atoms with Gasteiger partial charge in [0.05, 0.1) is 12.1 Å². The summed E-state index contributed by atoms with van der Waals surface area (Å²) in [7, 11) is 0. The number of nitriles is 1. The smallest absolute Gasteiger partial charge is 0.410 e. The van der Waals surface area contributed by atoms with Crippen LogP contribution in [0.25, 0.3) is 0 Å². The number of nitrogens with one attached hydrogen (secondary N) is 1. The van der Waals surface area contributed by atoms with E-state index in [1.807, 2.05) is 37.3 Å². The quantitative estimate of drug-likeness (QED) is 0.730. The first-order chi connectivity index (χ1) is 14.4. The highest BCUT2D eigenvalue weighted by atomic mass is 32.1. The third-order valence-corrected chi connectivity index (χ3v) is 5.99. The van der Waals surface area contributed by atoms with Gasteiger partial charge in [-0.25, -0.2) is 9.59 Å². The molecule has 0 saturated carbocycles. The van der Waals surface area contributed by atoms with Gasteiger partial charge in [0, 0.05) is 17.8 Å². The number of carboxylic acid groups (broad SMARTS) is 1. The van der Waals surface area contributed by atoms with Gasteiger partial charge >= 0.3 is 12.1 Å². The number of thiophene rings is 1. The van der Waals surface area contributed by atoms with Gasteiger partial charge < -0.3 is 20.1 Å². The molecular weight excluding hydrogens is 406 g/mol. The van der Waals surface area contributed by atoms with E-state index < -0.39 is 18.7 Å². The lowest BCUT2D eigenvalue weighted by molar-refractivity contribution is -0.140. The summed E-state index contributed by atoms with van der Waals surface area (Å²) in [6.45, 7) is 1.80. The molecule has 1 aliphatic heterocycles. The molecule has 1 aliphatic rings. The van der Waals surface area contributed by atoms with Crippen molar-refractivity contribution in [1.82, 2.24) is 4.90 Å². The first-order valence-electron chi connectivity index (χ1n) is 9.42. The van der Waals surface area contributed by atoms with E-state index in [1.54, 1.807) is 0 Å². The number of carbonyl (C=O) groups is 3. The summed E-state index contributed by atoms with van der Waals surface area (Å²) in [5, 5.41) is 21.6. The predicted octanol–water partition coefficient (Wildman–Crippen LogP) is 3.33. The average molecular weight is 427 g/mol. The normalized spacial score (nSPS) is 13.7. The number of aliphatic carboxylic acids is 1. The number of carbonyl (C=O) groups excluding carboxylic acids is 2. The predicted molar refractivity (Wildman–Crippen MR) is 110 cm³/mol. The van der Waals surface area contributed by atoms with Crippen molar-refractivity contribution in [2.75, 3.05) is 18.5 Å². The molecule has 0 aliphatic carbocycles. The molecule has 2 amide bonds. The zero-order valence-corrected chi connectivity index (χ0v) is 17.2. The summed E-state index contributed by atoms with van der Waals surface area (Å²) < 4.78 is 4.73. The van der Waals surface area contributed by atoms with Crippen molar-refractivity contribution in [2.45, 2.75) is 32.2 Å². The van der Waals surface area contributed by atoms with Crippen molar-refractivity contribution in [3.63, 3.8) is 0 Å². The molecule has 8 nitrogen and oxygen atoms in total. The minimum absolute atomic E-state index is 0.0332. The van der Waals surface area contributed by atoms with Crippen molar-refractivity contribution in [3.05, 3.63) is 51.9 Å². The van der Waals surface area contributed by atoms with E-state index in [1.165, 1.54) is 16.2 Å². The Morgan fingerprint density at radius 1 is 1.33 bits per heavy atom. The molecule has 156 valence electrons. The summed E-state index contributed by atoms with van der Waals surface area (Å²) in [6, 6.07) is 11.9. The van der Waals surface area contributed by atoms with Crippen LogP contribution in [0, 0.1) is 11.3 Å². The molecule has 0 spiro atoms. The fourth-order valence-corrected chi connectivity index (χ4v) is 4.57. The van der Waals surface area contributed by atoms with Gasteiger partial charge in [-0.05, 0) is 23.5 Å². The molecule has 0 saturated heterocycles. The van der Waals surface area contributed by atoms with E-state index in [2.05, 4.69) is 11.4 Å². The zero-order chi connectivity index (χ0) is 21.7. The zero-order valence-electron chi connectivity index (χ0n) is 16.4. The lowest BCUT2D eigenvalue weighted by Gasteiger charge is -2.25. The molecule has 3 rings (SSSR count). The summed E-state index contributed by atoms with van der Waals surface area (Å²) in [4.78, 5) is 37.3. The summed E-state index contributed by atoms with van der Waals surface area (Å²) >= 11 is 1.26. The Morgan fingerprint density at radius 2 is 2.07 bits per heavy atom. The first-order valence-corrected chi connectivity index (χ1v) is 10.2. The average Bonchev–Trinajstić information content (AvgIpc) is 3.08. The van der Waals surface area contributed by atoms with Crippen LogP contribution in [-0.2, 0) is 27.3 Å². The van der Waals surface area contributed by atoms with Gasteiger partial charge in [0.15, 0.2) is 6.61 Å². The molecule has 1 aromatic carbocycles. The van der Waals surface area contributed by atoms with Crippen LogP contribution in [0.4, 0.5) is 9.80 Å². The van der Waals surface area contributed by atoms with E-state index in [-0.39, 0.29) is 24.8 Å². The van der Waals surface area contributed by atoms with Crippen molar-refractivity contribution in [1.29, 1.82) is 5.26 Å². The van der Waals surface area contributed by atoms with Crippen LogP contribution in [0.1, 0.15) is 40.8 Å². The van der Waals surface area contributed by atoms with Crippen LogP contribution in [0.5, 0.6) is 0 Å². The van der Waals surface area contributed by atoms with Gasteiger partial charge in [0.2, 0.25) is 5.91 Å². The second kappa shape index (κ2) is 9.41. The monoisotopic (exact) mass is 427 g/mol. The maximum Gasteiger partial charge on any atom is 0.410 e. The molecule has 2 aromatic rings. The number of ether oxygens (including phenoxy) is 1. The van der Waals surface area contributed by atoms with Gasteiger partial charge in [0.1, 0.15) is 11.1 Å². The van der Waals surface area contributed by atoms with Crippen molar-refractivity contribution in [2.24, 2.45) is 0 Å². The minimum atomic E-state index is -1.22. The molecule has 2 heterocycles. The van der Waals surface area contributed by atoms with E-state index in [0.717, 1.165) is 16.0 Å². The topological polar surface area (TPSA) is 120 Å². The Labute approximate surface area is 177 Å². The van der Waals surface area contributed by atoms with Gasteiger partial charge in [-0.2, -0.15) is 5.26 Å². The summed E-state index contributed by atoms with van der Waals surface area (Å²) in [6.07, 6.45) is 0.00961. The highest BCUT2D eigenvalue weighted by Gasteiger charge is 2.28. The number of fused-ring (bicyclic) bond motifs is 1. The molecule has 1 aromatic heterocycles. The minimum Gasteiger partial charge on any atom is -0.479 e. The third-order valence-electron chi connectivity index (χ3n) is 4.86. The number of hydrogen-bond donors (Lipinski definition) is 2. The molecule has 0 unspecified atom stereocenters. The van der Waals surface area contributed by atoms with E-state index in [0.29, 0.717) is 23.5 Å². The molecular formula is C21H21N3O5S. The Kier molecular flexibility index (Phi) is 6.69. The molecule has 1 atom stereocenters. The van der Waals surface area contributed by atoms with Gasteiger partial charge in [-0.1, -0.05) is 37.3 Å². The number of carboxylic acids is 1. The fourth-order valence-electron chi connectivity index (χ4n) is 3.34. The lowest BCUT2D eigenvalue weighted by Crippen LogP contribution is -2.36. The second-order valence-corrected chi connectivity index (χ2v) is 8.11. The molecule has 9 heteroatoms. The Morgan fingerprint density at radius 3 is 2.73 bits per heavy atom. The molecule has 30 heavy (non-hydrogen) atoms. The van der Waals surface area contributed by atoms with Crippen molar-refractivity contribution >= 4 is 34.3 Å². The standard InChI is InChI=1S/C21H21N3O5S/c1-13(14-5-3-2-4-6-14)9-18(25)23-20-16(10-22)15-7-8-24(11-17(15)30-20)21(28)29-12-19(26)27/h2-6,13H,7-9,11-12H2,1H3,(H,23,25)(H,26,27)/t13-/m0/s1. The second-order valence-electron chi connectivity index (χ2n) is 7.00. The number of anilines is 1. The van der Waals surface area contributed by atoms with Crippen LogP contribution >= 0.6 is 11.3 Å². The van der Waals surface area contributed by atoms with Crippen LogP contribution in [-0.4, -0.2) is 41.1 Å². The number of rotatable bonds is 6. The highest BCUT2D eigenvalue weighted by Crippen LogP contribution is 2.37. The Balaban J connectivity index is 1.68. The molecule has 0 fully saturated rings. The number of nitrogens with zero attached hydrogens (tertiary/aromatic N) is 2. The number of amides is 2. The van der Waals surface area contributed by atoms with Crippen LogP contribution in [0.15, 0.2) is 30.3 Å². The fraction of sp³-hybridized carbons (Fsp3) is 0.333. The SMILES string of the molecule is C[C@@H](CC(=O)Nc1sc2c(c1C#N)CCN(C(=O)OCC(=O)O)C2)c1ccccc1. The first kappa shape index (κ1) is 21.3. The maximum absolute atomic E-state index is 12.5. The number of benzene rings is 1. The van der Waals surface area contributed by atoms with Crippen molar-refractivity contribution in [3.8, 4) is 6.07 Å². The van der Waals surface area contributed by atoms with Gasteiger partial charge in [-0.3, -0.25) is 4.79 Å². The summed E-state index contributed by atoms with van der Waals surface area (Å²) in [5.41, 5.74) is 2.31. The molecule has 0 radical (unpaired) electrons. The summed E-state index contributed by atoms with van der Waals surface area (Å²) in [5.74, 6) is -1.37. The van der Waals surface area contributed by atoms with Gasteiger partial charge in [0.25, 0.3) is 0 Å². The van der Waals surface area contributed by atoms with Crippen LogP contribution < -0.4 is 5.32 Å². The third kappa shape index (κ3) is 4.96. The van der Waals surface area contributed by atoms with E-state index >= 15 is 0 Å². The van der Waals surface area contributed by atoms with E-state index in [9.17, 15) is 19.6 Å². The molecule has 2 N–H and O–H groups in total. The van der Waals surface area contributed by atoms with Gasteiger partial charge in [-0.15, -0.1) is 11.3 Å². The Bertz CT molecular complexity index is 996. The van der Waals surface area contributed by atoms with Crippen molar-refractivity contribution < 1.29 is 24.2 Å². The van der Waals surface area contributed by atoms with Crippen LogP contribution in [0.2, 0.25) is 0 Å². The Hall–Kier alpha value is -3.38. The lowest BCUT2D eigenvalue weighted by atomic mass is 9.97. The highest BCUT2D eigenvalue weighted by molar-refractivity contribution is 7.16.